The van der Waals surface area contributed by atoms with Gasteiger partial charge in [0.25, 0.3) is 0 Å². The molecule has 2 heterocycles. The SMILES string of the molecule is COC(=O)c1ccccc1Nc1cc(C)nc(Nc2ccc3c(c2)OCO3)n1. The molecule has 0 fully saturated rings. The second-order valence-corrected chi connectivity index (χ2v) is 6.07. The predicted molar refractivity (Wildman–Crippen MR) is 104 cm³/mol. The minimum atomic E-state index is -0.424. The number of fused-ring (bicyclic) bond motifs is 1. The van der Waals surface area contributed by atoms with E-state index in [9.17, 15) is 4.79 Å². The summed E-state index contributed by atoms with van der Waals surface area (Å²) >= 11 is 0. The molecule has 2 aromatic carbocycles. The molecule has 0 bridgehead atoms. The van der Waals surface area contributed by atoms with E-state index in [0.29, 0.717) is 34.5 Å². The van der Waals surface area contributed by atoms with E-state index in [0.717, 1.165) is 11.4 Å². The summed E-state index contributed by atoms with van der Waals surface area (Å²) in [7, 11) is 1.35. The molecular weight excluding hydrogens is 360 g/mol. The van der Waals surface area contributed by atoms with Crippen LogP contribution in [-0.2, 0) is 4.74 Å². The Balaban J connectivity index is 1.59. The van der Waals surface area contributed by atoms with Gasteiger partial charge in [-0.2, -0.15) is 4.98 Å². The Bertz CT molecular complexity index is 1040. The number of nitrogens with one attached hydrogen (secondary N) is 2. The molecule has 0 unspecified atom stereocenters. The monoisotopic (exact) mass is 378 g/mol. The fraction of sp³-hybridized carbons (Fsp3) is 0.150. The molecule has 3 aromatic rings. The van der Waals surface area contributed by atoms with Crippen molar-refractivity contribution in [2.75, 3.05) is 24.5 Å². The van der Waals surface area contributed by atoms with Crippen molar-refractivity contribution in [1.29, 1.82) is 0 Å². The molecule has 8 nitrogen and oxygen atoms in total. The van der Waals surface area contributed by atoms with Gasteiger partial charge in [-0.25, -0.2) is 9.78 Å². The van der Waals surface area contributed by atoms with E-state index in [1.54, 1.807) is 24.3 Å². The van der Waals surface area contributed by atoms with Gasteiger partial charge in [-0.15, -0.1) is 0 Å². The van der Waals surface area contributed by atoms with E-state index >= 15 is 0 Å². The normalized spacial score (nSPS) is 11.8. The van der Waals surface area contributed by atoms with Crippen molar-refractivity contribution in [2.24, 2.45) is 0 Å². The lowest BCUT2D eigenvalue weighted by molar-refractivity contribution is 0.0602. The summed E-state index contributed by atoms with van der Waals surface area (Å²) in [5, 5.41) is 6.32. The van der Waals surface area contributed by atoms with Gasteiger partial charge in [0.1, 0.15) is 5.82 Å². The standard InChI is InChI=1S/C20H18N4O4/c1-12-9-18(23-15-6-4-3-5-14(15)19(25)26-2)24-20(21-12)22-13-7-8-16-17(10-13)28-11-27-16/h3-10H,11H2,1-2H3,(H2,21,22,23,24). The molecule has 0 radical (unpaired) electrons. The van der Waals surface area contributed by atoms with E-state index in [1.165, 1.54) is 7.11 Å². The molecule has 1 aromatic heterocycles. The number of hydrogen-bond donors (Lipinski definition) is 2. The number of anilines is 4. The number of aromatic nitrogens is 2. The maximum atomic E-state index is 12.0. The fourth-order valence-electron chi connectivity index (χ4n) is 2.81. The van der Waals surface area contributed by atoms with Crippen LogP contribution >= 0.6 is 0 Å². The van der Waals surface area contributed by atoms with E-state index < -0.39 is 5.97 Å². The number of aryl methyl sites for hydroxylation is 1. The number of rotatable bonds is 5. The third-order valence-corrected chi connectivity index (χ3v) is 4.08. The molecule has 4 rings (SSSR count). The highest BCUT2D eigenvalue weighted by molar-refractivity contribution is 5.96. The van der Waals surface area contributed by atoms with E-state index in [-0.39, 0.29) is 6.79 Å². The van der Waals surface area contributed by atoms with Crippen molar-refractivity contribution >= 4 is 29.1 Å². The van der Waals surface area contributed by atoms with Crippen molar-refractivity contribution in [3.63, 3.8) is 0 Å². The Hall–Kier alpha value is -3.81. The highest BCUT2D eigenvalue weighted by Crippen LogP contribution is 2.35. The summed E-state index contributed by atoms with van der Waals surface area (Å²) in [4.78, 5) is 20.9. The molecule has 2 N–H and O–H groups in total. The second-order valence-electron chi connectivity index (χ2n) is 6.07. The number of para-hydroxylation sites is 1. The number of benzene rings is 2. The van der Waals surface area contributed by atoms with Gasteiger partial charge < -0.3 is 24.8 Å². The Morgan fingerprint density at radius 3 is 2.71 bits per heavy atom. The van der Waals surface area contributed by atoms with Gasteiger partial charge in [-0.1, -0.05) is 12.1 Å². The lowest BCUT2D eigenvalue weighted by Crippen LogP contribution is -2.07. The van der Waals surface area contributed by atoms with Gasteiger partial charge in [-0.05, 0) is 31.2 Å². The van der Waals surface area contributed by atoms with Crippen molar-refractivity contribution in [3.8, 4) is 11.5 Å². The van der Waals surface area contributed by atoms with Gasteiger partial charge >= 0.3 is 5.97 Å². The summed E-state index contributed by atoms with van der Waals surface area (Å²) in [5.74, 6) is 1.91. The summed E-state index contributed by atoms with van der Waals surface area (Å²) < 4.78 is 15.5. The summed E-state index contributed by atoms with van der Waals surface area (Å²) in [6.07, 6.45) is 0. The first-order chi connectivity index (χ1) is 13.6. The van der Waals surface area contributed by atoms with Gasteiger partial charge in [0.05, 0.1) is 18.4 Å². The zero-order valence-electron chi connectivity index (χ0n) is 15.4. The van der Waals surface area contributed by atoms with Gasteiger partial charge in [0, 0.05) is 23.5 Å². The Morgan fingerprint density at radius 2 is 1.86 bits per heavy atom. The van der Waals surface area contributed by atoms with Crippen LogP contribution in [-0.4, -0.2) is 29.8 Å². The number of nitrogens with zero attached hydrogens (tertiary/aromatic N) is 2. The number of hydrogen-bond acceptors (Lipinski definition) is 8. The molecule has 0 spiro atoms. The second kappa shape index (κ2) is 7.43. The van der Waals surface area contributed by atoms with Crippen LogP contribution < -0.4 is 20.1 Å². The first-order valence-electron chi connectivity index (χ1n) is 8.59. The third kappa shape index (κ3) is 3.66. The largest absolute Gasteiger partial charge is 0.465 e. The molecular formula is C20H18N4O4. The highest BCUT2D eigenvalue weighted by Gasteiger charge is 2.15. The van der Waals surface area contributed by atoms with Gasteiger partial charge in [-0.3, -0.25) is 0 Å². The molecule has 0 aliphatic carbocycles. The van der Waals surface area contributed by atoms with Crippen LogP contribution in [0.1, 0.15) is 16.1 Å². The zero-order valence-corrected chi connectivity index (χ0v) is 15.4. The number of carbonyl (C=O) groups is 1. The van der Waals surface area contributed by atoms with Crippen molar-refractivity contribution in [2.45, 2.75) is 6.92 Å². The molecule has 142 valence electrons. The quantitative estimate of drug-likeness (QED) is 0.648. The maximum absolute atomic E-state index is 12.0. The van der Waals surface area contributed by atoms with Crippen molar-refractivity contribution in [1.82, 2.24) is 9.97 Å². The van der Waals surface area contributed by atoms with Crippen molar-refractivity contribution in [3.05, 3.63) is 59.8 Å². The van der Waals surface area contributed by atoms with Crippen LogP contribution in [0.2, 0.25) is 0 Å². The molecule has 0 amide bonds. The summed E-state index contributed by atoms with van der Waals surface area (Å²) in [5.41, 5.74) is 2.56. The Morgan fingerprint density at radius 1 is 1.04 bits per heavy atom. The van der Waals surface area contributed by atoms with E-state index in [2.05, 4.69) is 20.6 Å². The average molecular weight is 378 g/mol. The minimum absolute atomic E-state index is 0.216. The molecule has 0 saturated heterocycles. The fourth-order valence-corrected chi connectivity index (χ4v) is 2.81. The maximum Gasteiger partial charge on any atom is 0.339 e. The van der Waals surface area contributed by atoms with Crippen LogP contribution in [0.3, 0.4) is 0 Å². The highest BCUT2D eigenvalue weighted by atomic mass is 16.7. The number of esters is 1. The lowest BCUT2D eigenvalue weighted by Gasteiger charge is -2.12. The van der Waals surface area contributed by atoms with Crippen LogP contribution in [0.15, 0.2) is 48.5 Å². The van der Waals surface area contributed by atoms with Gasteiger partial charge in [0.2, 0.25) is 12.7 Å². The Labute approximate surface area is 161 Å². The summed E-state index contributed by atoms with van der Waals surface area (Å²) in [6, 6.07) is 14.4. The van der Waals surface area contributed by atoms with Crippen LogP contribution in [0.25, 0.3) is 0 Å². The molecule has 1 aliphatic rings. The first-order valence-corrected chi connectivity index (χ1v) is 8.59. The minimum Gasteiger partial charge on any atom is -0.465 e. The number of methoxy groups -OCH3 is 1. The molecule has 0 saturated carbocycles. The topological polar surface area (TPSA) is 94.6 Å². The van der Waals surface area contributed by atoms with Crippen LogP contribution in [0.4, 0.5) is 23.1 Å². The first kappa shape index (κ1) is 17.6. The predicted octanol–water partition coefficient (Wildman–Crippen LogP) is 3.79. The average Bonchev–Trinajstić information content (AvgIpc) is 3.15. The molecule has 0 atom stereocenters. The Kier molecular flexibility index (Phi) is 4.67. The summed E-state index contributed by atoms with van der Waals surface area (Å²) in [6.45, 7) is 2.08. The van der Waals surface area contributed by atoms with Gasteiger partial charge in [0.15, 0.2) is 11.5 Å². The van der Waals surface area contributed by atoms with E-state index in [1.807, 2.05) is 31.2 Å². The lowest BCUT2D eigenvalue weighted by atomic mass is 10.2. The number of ether oxygens (including phenoxy) is 3. The molecule has 28 heavy (non-hydrogen) atoms. The molecule has 8 heteroatoms. The smallest absolute Gasteiger partial charge is 0.339 e. The molecule has 1 aliphatic heterocycles. The van der Waals surface area contributed by atoms with Crippen molar-refractivity contribution < 1.29 is 19.0 Å². The van der Waals surface area contributed by atoms with Crippen LogP contribution in [0.5, 0.6) is 11.5 Å². The van der Waals surface area contributed by atoms with Crippen LogP contribution in [0, 0.1) is 6.92 Å². The van der Waals surface area contributed by atoms with E-state index in [4.69, 9.17) is 14.2 Å². The third-order valence-electron chi connectivity index (χ3n) is 4.08. The number of carbonyl (C=O) groups excluding carboxylic acids is 1. The zero-order chi connectivity index (χ0) is 19.5.